The number of carbonyl (C=O) groups is 1. The summed E-state index contributed by atoms with van der Waals surface area (Å²) in [5.74, 6) is -1.12. The summed E-state index contributed by atoms with van der Waals surface area (Å²) in [6.07, 6.45) is -2.94. The number of alkyl halides is 3. The summed E-state index contributed by atoms with van der Waals surface area (Å²) < 4.78 is 45.5. The van der Waals surface area contributed by atoms with Gasteiger partial charge in [-0.25, -0.2) is 0 Å². The van der Waals surface area contributed by atoms with Crippen molar-refractivity contribution in [2.75, 3.05) is 0 Å². The molecule has 4 nitrogen and oxygen atoms in total. The normalized spacial score (nSPS) is 17.5. The number of rotatable bonds is 7. The number of hydrogen-bond acceptors (Lipinski definition) is 2. The Morgan fingerprint density at radius 2 is 1.50 bits per heavy atom. The molecule has 4 aromatic rings. The third kappa shape index (κ3) is 4.21. The van der Waals surface area contributed by atoms with E-state index in [4.69, 9.17) is 0 Å². The highest BCUT2D eigenvalue weighted by Crippen LogP contribution is 2.50. The van der Waals surface area contributed by atoms with E-state index in [1.807, 2.05) is 41.0 Å². The summed E-state index contributed by atoms with van der Waals surface area (Å²) in [4.78, 5) is 16.5. The molecule has 0 amide bonds. The van der Waals surface area contributed by atoms with Crippen LogP contribution in [-0.4, -0.2) is 28.0 Å². The van der Waals surface area contributed by atoms with Crippen LogP contribution in [0.5, 0.6) is 0 Å². The maximum absolute atomic E-state index is 14.6. The van der Waals surface area contributed by atoms with Crippen LogP contribution in [0.1, 0.15) is 22.4 Å². The van der Waals surface area contributed by atoms with Crippen LogP contribution in [0.15, 0.2) is 102 Å². The van der Waals surface area contributed by atoms with E-state index in [1.54, 1.807) is 48.5 Å². The molecule has 0 fully saturated rings. The van der Waals surface area contributed by atoms with E-state index < -0.39 is 29.7 Å². The number of benzene rings is 3. The molecule has 0 aliphatic carbocycles. The molecule has 1 atom stereocenters. The van der Waals surface area contributed by atoms with Gasteiger partial charge >= 0.3 is 12.1 Å². The van der Waals surface area contributed by atoms with Crippen molar-refractivity contribution in [3.63, 3.8) is 0 Å². The quantitative estimate of drug-likeness (QED) is 0.331. The predicted molar refractivity (Wildman–Crippen MR) is 133 cm³/mol. The first-order chi connectivity index (χ1) is 17.3. The number of fused-ring (bicyclic) bond motifs is 1. The smallest absolute Gasteiger partial charge is 0.415 e. The molecule has 1 aromatic heterocycles. The number of allylic oxidation sites excluding steroid dienone is 1. The minimum Gasteiger partial charge on any atom is -0.481 e. The summed E-state index contributed by atoms with van der Waals surface area (Å²) >= 11 is 0. The van der Waals surface area contributed by atoms with E-state index in [2.05, 4.69) is 4.99 Å². The minimum atomic E-state index is -4.67. The second kappa shape index (κ2) is 9.15. The molecule has 36 heavy (non-hydrogen) atoms. The summed E-state index contributed by atoms with van der Waals surface area (Å²) in [5, 5.41) is 10.4. The number of aromatic nitrogens is 1. The zero-order chi connectivity index (χ0) is 25.3. The van der Waals surface area contributed by atoms with E-state index in [9.17, 15) is 23.1 Å². The lowest BCUT2D eigenvalue weighted by molar-refractivity contribution is -0.136. The van der Waals surface area contributed by atoms with Crippen molar-refractivity contribution in [1.82, 2.24) is 4.57 Å². The van der Waals surface area contributed by atoms with Crippen molar-refractivity contribution < 1.29 is 23.1 Å². The van der Waals surface area contributed by atoms with Crippen LogP contribution < -0.4 is 0 Å². The molecule has 1 aliphatic rings. The Hall–Kier alpha value is -4.13. The van der Waals surface area contributed by atoms with Gasteiger partial charge in [0.1, 0.15) is 5.54 Å². The molecule has 0 saturated carbocycles. The first kappa shape index (κ1) is 23.6. The third-order valence-electron chi connectivity index (χ3n) is 6.57. The molecule has 0 spiro atoms. The van der Waals surface area contributed by atoms with Crippen LogP contribution in [-0.2, 0) is 29.7 Å². The SMILES string of the molecule is O=C(O)Cc1c(C2(Cc3ccccc3)N=CC=C2C(F)(F)F)n(Cc2ccccc2)c2ccccc12. The standard InChI is InChI=1S/C29H23F3N2O2/c30-29(31,32)25-15-16-33-28(25,18-20-9-3-1-4-10-20)27-23(17-26(35)36)22-13-7-8-14-24(22)34(27)19-21-11-5-2-6-12-21/h1-16H,17-19H2,(H,35,36). The zero-order valence-corrected chi connectivity index (χ0v) is 19.2. The lowest BCUT2D eigenvalue weighted by Crippen LogP contribution is -2.37. The van der Waals surface area contributed by atoms with Crippen molar-refractivity contribution in [3.8, 4) is 0 Å². The summed E-state index contributed by atoms with van der Waals surface area (Å²) in [5.41, 5.74) is 0.194. The molecule has 3 aromatic carbocycles. The van der Waals surface area contributed by atoms with Gasteiger partial charge in [0.05, 0.1) is 17.7 Å². The Morgan fingerprint density at radius 1 is 0.889 bits per heavy atom. The molecule has 182 valence electrons. The number of carboxylic acids is 1. The van der Waals surface area contributed by atoms with Gasteiger partial charge in [0.25, 0.3) is 0 Å². The summed E-state index contributed by atoms with van der Waals surface area (Å²) in [6, 6.07) is 25.5. The van der Waals surface area contributed by atoms with Gasteiger partial charge in [0.15, 0.2) is 0 Å². The zero-order valence-electron chi connectivity index (χ0n) is 19.2. The van der Waals surface area contributed by atoms with Crippen LogP contribution >= 0.6 is 0 Å². The van der Waals surface area contributed by atoms with Gasteiger partial charge in [0, 0.05) is 30.1 Å². The maximum Gasteiger partial charge on any atom is 0.415 e. The Bertz CT molecular complexity index is 1470. The first-order valence-corrected chi connectivity index (χ1v) is 11.5. The third-order valence-corrected chi connectivity index (χ3v) is 6.57. The molecule has 0 radical (unpaired) electrons. The van der Waals surface area contributed by atoms with Crippen LogP contribution in [0.3, 0.4) is 0 Å². The fourth-order valence-electron chi connectivity index (χ4n) is 5.19. The highest BCUT2D eigenvalue weighted by Gasteiger charge is 2.53. The Labute approximate surface area is 206 Å². The number of aliphatic carboxylic acids is 1. The van der Waals surface area contributed by atoms with Crippen LogP contribution in [0, 0.1) is 0 Å². The van der Waals surface area contributed by atoms with Crippen LogP contribution in [0.4, 0.5) is 13.2 Å². The number of nitrogens with zero attached hydrogens (tertiary/aromatic N) is 2. The van der Waals surface area contributed by atoms with Gasteiger partial charge in [-0.3, -0.25) is 9.79 Å². The first-order valence-electron chi connectivity index (χ1n) is 11.5. The summed E-state index contributed by atoms with van der Waals surface area (Å²) in [7, 11) is 0. The number of para-hydroxylation sites is 1. The minimum absolute atomic E-state index is 0.0621. The molecular weight excluding hydrogens is 465 g/mol. The largest absolute Gasteiger partial charge is 0.481 e. The lowest BCUT2D eigenvalue weighted by Gasteiger charge is -2.34. The Balaban J connectivity index is 1.85. The highest BCUT2D eigenvalue weighted by molar-refractivity contribution is 5.91. The second-order valence-corrected chi connectivity index (χ2v) is 8.87. The number of aliphatic imine (C=N–C) groups is 1. The molecule has 0 saturated heterocycles. The van der Waals surface area contributed by atoms with E-state index in [-0.39, 0.29) is 18.7 Å². The average Bonchev–Trinajstić information content (AvgIpc) is 3.41. The molecule has 2 heterocycles. The summed E-state index contributed by atoms with van der Waals surface area (Å²) in [6.45, 7) is 0.271. The van der Waals surface area contributed by atoms with Crippen molar-refractivity contribution in [2.45, 2.75) is 31.1 Å². The molecule has 1 unspecified atom stereocenters. The van der Waals surface area contributed by atoms with Gasteiger partial charge in [-0.1, -0.05) is 78.9 Å². The molecule has 1 aliphatic heterocycles. The lowest BCUT2D eigenvalue weighted by atomic mass is 9.79. The fraction of sp³-hybridized carbons (Fsp3) is 0.172. The van der Waals surface area contributed by atoms with Gasteiger partial charge in [-0.2, -0.15) is 13.2 Å². The Morgan fingerprint density at radius 3 is 2.14 bits per heavy atom. The molecule has 5 rings (SSSR count). The fourth-order valence-corrected chi connectivity index (χ4v) is 5.19. The van der Waals surface area contributed by atoms with Gasteiger partial charge in [-0.15, -0.1) is 0 Å². The van der Waals surface area contributed by atoms with E-state index in [1.165, 1.54) is 6.21 Å². The second-order valence-electron chi connectivity index (χ2n) is 8.87. The molecule has 1 N–H and O–H groups in total. The van der Waals surface area contributed by atoms with Gasteiger partial charge < -0.3 is 9.67 Å². The molecular formula is C29H23F3N2O2. The van der Waals surface area contributed by atoms with Crippen molar-refractivity contribution in [1.29, 1.82) is 0 Å². The van der Waals surface area contributed by atoms with Crippen molar-refractivity contribution in [2.24, 2.45) is 4.99 Å². The monoisotopic (exact) mass is 488 g/mol. The van der Waals surface area contributed by atoms with Gasteiger partial charge in [-0.05, 0) is 28.8 Å². The van der Waals surface area contributed by atoms with E-state index in [0.717, 1.165) is 11.6 Å². The number of halogens is 3. The van der Waals surface area contributed by atoms with E-state index >= 15 is 0 Å². The highest BCUT2D eigenvalue weighted by atomic mass is 19.4. The number of carboxylic acid groups (broad SMARTS) is 1. The predicted octanol–water partition coefficient (Wildman–Crippen LogP) is 6.33. The molecule has 7 heteroatoms. The van der Waals surface area contributed by atoms with E-state index in [0.29, 0.717) is 22.0 Å². The Kier molecular flexibility index (Phi) is 6.00. The van der Waals surface area contributed by atoms with Crippen molar-refractivity contribution in [3.05, 3.63) is 119 Å². The maximum atomic E-state index is 14.6. The van der Waals surface area contributed by atoms with Crippen molar-refractivity contribution >= 4 is 23.1 Å². The average molecular weight is 489 g/mol. The topological polar surface area (TPSA) is 54.6 Å². The van der Waals surface area contributed by atoms with Gasteiger partial charge in [0.2, 0.25) is 0 Å². The van der Waals surface area contributed by atoms with Crippen LogP contribution in [0.25, 0.3) is 10.9 Å². The van der Waals surface area contributed by atoms with Crippen LogP contribution in [0.2, 0.25) is 0 Å². The number of hydrogen-bond donors (Lipinski definition) is 1. The molecule has 0 bridgehead atoms.